The van der Waals surface area contributed by atoms with Gasteiger partial charge >= 0.3 is 12.1 Å². The molecule has 0 atom stereocenters. The van der Waals surface area contributed by atoms with Gasteiger partial charge in [-0.15, -0.1) is 0 Å². The predicted octanol–water partition coefficient (Wildman–Crippen LogP) is 3.61. The summed E-state index contributed by atoms with van der Waals surface area (Å²) in [6.07, 6.45) is -0.521. The van der Waals surface area contributed by atoms with Crippen molar-refractivity contribution in [1.82, 2.24) is 10.3 Å². The number of carbonyl (C=O) groups is 2. The number of aromatic nitrogens is 1. The Morgan fingerprint density at radius 2 is 1.88 bits per heavy atom. The van der Waals surface area contributed by atoms with Crippen molar-refractivity contribution >= 4 is 12.1 Å². The number of amides is 1. The van der Waals surface area contributed by atoms with Gasteiger partial charge in [-0.25, -0.2) is 9.78 Å². The summed E-state index contributed by atoms with van der Waals surface area (Å²) >= 11 is 0. The first-order valence-electron chi connectivity index (χ1n) is 8.39. The van der Waals surface area contributed by atoms with Gasteiger partial charge in [0.2, 0.25) is 5.89 Å². The van der Waals surface area contributed by atoms with Crippen molar-refractivity contribution in [3.8, 4) is 11.5 Å². The molecule has 1 amide bonds. The molecule has 1 heterocycles. The highest BCUT2D eigenvalue weighted by Gasteiger charge is 2.16. The average Bonchev–Trinajstić information content (AvgIpc) is 2.93. The van der Waals surface area contributed by atoms with Crippen LogP contribution in [-0.2, 0) is 20.9 Å². The van der Waals surface area contributed by atoms with Crippen molar-refractivity contribution < 1.29 is 23.5 Å². The fourth-order valence-electron chi connectivity index (χ4n) is 2.07. The lowest BCUT2D eigenvalue weighted by Gasteiger charge is -2.19. The largest absolute Gasteiger partial charge is 0.459 e. The monoisotopic (exact) mass is 360 g/mol. The summed E-state index contributed by atoms with van der Waals surface area (Å²) in [5.74, 6) is 0.647. The van der Waals surface area contributed by atoms with E-state index in [0.717, 1.165) is 5.56 Å². The number of carbonyl (C=O) groups excluding carboxylic acids is 2. The molecule has 0 fully saturated rings. The number of benzene rings is 1. The van der Waals surface area contributed by atoms with Crippen LogP contribution in [0.3, 0.4) is 0 Å². The molecule has 7 nitrogen and oxygen atoms in total. The van der Waals surface area contributed by atoms with Crippen LogP contribution in [-0.4, -0.2) is 29.2 Å². The smallest absolute Gasteiger partial charge is 0.407 e. The fourth-order valence-corrected chi connectivity index (χ4v) is 2.07. The SMILES string of the molecule is Cc1oc(-c2ccccc2)nc1COC(=O)CCNC(=O)OC(C)(C)C. The molecule has 1 aromatic heterocycles. The number of hydrogen-bond donors (Lipinski definition) is 1. The molecule has 26 heavy (non-hydrogen) atoms. The molecule has 1 N–H and O–H groups in total. The molecule has 0 radical (unpaired) electrons. The molecule has 2 aromatic rings. The number of hydrogen-bond acceptors (Lipinski definition) is 6. The van der Waals surface area contributed by atoms with Gasteiger partial charge in [0.15, 0.2) is 0 Å². The molecule has 0 aliphatic rings. The van der Waals surface area contributed by atoms with E-state index >= 15 is 0 Å². The second-order valence-corrected chi connectivity index (χ2v) is 6.73. The van der Waals surface area contributed by atoms with Crippen molar-refractivity contribution in [3.63, 3.8) is 0 Å². The molecule has 1 aromatic carbocycles. The van der Waals surface area contributed by atoms with E-state index in [1.54, 1.807) is 27.7 Å². The van der Waals surface area contributed by atoms with E-state index in [-0.39, 0.29) is 19.6 Å². The van der Waals surface area contributed by atoms with Gasteiger partial charge < -0.3 is 19.2 Å². The topological polar surface area (TPSA) is 90.7 Å². The van der Waals surface area contributed by atoms with Crippen LogP contribution in [0.1, 0.15) is 38.6 Å². The summed E-state index contributed by atoms with van der Waals surface area (Å²) in [6.45, 7) is 7.24. The maximum absolute atomic E-state index is 11.8. The number of nitrogens with one attached hydrogen (secondary N) is 1. The Morgan fingerprint density at radius 3 is 2.54 bits per heavy atom. The van der Waals surface area contributed by atoms with Crippen LogP contribution >= 0.6 is 0 Å². The molecule has 0 bridgehead atoms. The van der Waals surface area contributed by atoms with E-state index in [9.17, 15) is 9.59 Å². The molecule has 0 saturated heterocycles. The van der Waals surface area contributed by atoms with Crippen molar-refractivity contribution in [2.45, 2.75) is 46.3 Å². The number of rotatable bonds is 6. The van der Waals surface area contributed by atoms with Crippen LogP contribution < -0.4 is 5.32 Å². The van der Waals surface area contributed by atoms with E-state index in [1.807, 2.05) is 30.3 Å². The highest BCUT2D eigenvalue weighted by Crippen LogP contribution is 2.21. The second-order valence-electron chi connectivity index (χ2n) is 6.73. The van der Waals surface area contributed by atoms with Gasteiger partial charge in [-0.05, 0) is 39.8 Å². The number of aryl methyl sites for hydroxylation is 1. The summed E-state index contributed by atoms with van der Waals surface area (Å²) in [5, 5.41) is 2.51. The number of oxazole rings is 1. The number of nitrogens with zero attached hydrogens (tertiary/aromatic N) is 1. The third-order valence-corrected chi connectivity index (χ3v) is 3.28. The normalized spacial score (nSPS) is 11.1. The fraction of sp³-hybridized carbons (Fsp3) is 0.421. The molecule has 7 heteroatoms. The highest BCUT2D eigenvalue weighted by molar-refractivity contribution is 5.72. The van der Waals surface area contributed by atoms with Crippen molar-refractivity contribution in [3.05, 3.63) is 41.8 Å². The molecule has 0 spiro atoms. The molecular formula is C19H24N2O5. The maximum atomic E-state index is 11.8. The van der Waals surface area contributed by atoms with Crippen LogP contribution in [0.5, 0.6) is 0 Å². The van der Waals surface area contributed by atoms with Crippen LogP contribution in [0, 0.1) is 6.92 Å². The lowest BCUT2D eigenvalue weighted by molar-refractivity contribution is -0.144. The van der Waals surface area contributed by atoms with Gasteiger partial charge in [0.25, 0.3) is 0 Å². The minimum atomic E-state index is -0.578. The Balaban J connectivity index is 1.77. The molecule has 0 aliphatic carbocycles. The third-order valence-electron chi connectivity index (χ3n) is 3.28. The first-order valence-corrected chi connectivity index (χ1v) is 8.39. The van der Waals surface area contributed by atoms with Crippen LogP contribution in [0.4, 0.5) is 4.79 Å². The Bertz CT molecular complexity index is 747. The Kier molecular flexibility index (Phi) is 6.38. The van der Waals surface area contributed by atoms with Crippen molar-refractivity contribution in [2.24, 2.45) is 0 Å². The van der Waals surface area contributed by atoms with Gasteiger partial charge in [-0.2, -0.15) is 0 Å². The molecule has 0 saturated carbocycles. The van der Waals surface area contributed by atoms with E-state index in [1.165, 1.54) is 0 Å². The minimum absolute atomic E-state index is 0.0213. The van der Waals surface area contributed by atoms with Crippen LogP contribution in [0.15, 0.2) is 34.7 Å². The summed E-state index contributed by atoms with van der Waals surface area (Å²) in [6, 6.07) is 9.48. The van der Waals surface area contributed by atoms with Gasteiger partial charge in [0.05, 0.1) is 6.42 Å². The van der Waals surface area contributed by atoms with E-state index in [2.05, 4.69) is 10.3 Å². The Morgan fingerprint density at radius 1 is 1.19 bits per heavy atom. The summed E-state index contributed by atoms with van der Waals surface area (Å²) < 4.78 is 15.9. The lowest BCUT2D eigenvalue weighted by atomic mass is 10.2. The van der Waals surface area contributed by atoms with Crippen LogP contribution in [0.25, 0.3) is 11.5 Å². The highest BCUT2D eigenvalue weighted by atomic mass is 16.6. The van der Waals surface area contributed by atoms with Gasteiger partial charge in [0.1, 0.15) is 23.7 Å². The Labute approximate surface area is 152 Å². The van der Waals surface area contributed by atoms with E-state index in [0.29, 0.717) is 17.3 Å². The number of alkyl carbamates (subject to hydrolysis) is 1. The molecule has 0 unspecified atom stereocenters. The lowest BCUT2D eigenvalue weighted by Crippen LogP contribution is -2.33. The predicted molar refractivity (Wildman–Crippen MR) is 95.3 cm³/mol. The van der Waals surface area contributed by atoms with Gasteiger partial charge in [-0.1, -0.05) is 18.2 Å². The van der Waals surface area contributed by atoms with E-state index in [4.69, 9.17) is 13.9 Å². The maximum Gasteiger partial charge on any atom is 0.407 e. The molecule has 0 aliphatic heterocycles. The number of esters is 1. The zero-order valence-corrected chi connectivity index (χ0v) is 15.5. The van der Waals surface area contributed by atoms with Gasteiger partial charge in [-0.3, -0.25) is 4.79 Å². The Hall–Kier alpha value is -2.83. The average molecular weight is 360 g/mol. The van der Waals surface area contributed by atoms with E-state index < -0.39 is 17.7 Å². The van der Waals surface area contributed by atoms with Crippen molar-refractivity contribution in [1.29, 1.82) is 0 Å². The quantitative estimate of drug-likeness (QED) is 0.792. The van der Waals surface area contributed by atoms with Crippen LogP contribution in [0.2, 0.25) is 0 Å². The zero-order chi connectivity index (χ0) is 19.2. The minimum Gasteiger partial charge on any atom is -0.459 e. The molecule has 2 rings (SSSR count). The summed E-state index contributed by atoms with van der Waals surface area (Å²) in [5.41, 5.74) is 0.845. The van der Waals surface area contributed by atoms with Crippen molar-refractivity contribution in [2.75, 3.05) is 6.54 Å². The number of ether oxygens (including phenoxy) is 2. The molecule has 140 valence electrons. The standard InChI is InChI=1S/C19H24N2O5/c1-13-15(21-17(25-13)14-8-6-5-7-9-14)12-24-16(22)10-11-20-18(23)26-19(2,3)4/h5-9H,10-12H2,1-4H3,(H,20,23). The third kappa shape index (κ3) is 6.23. The zero-order valence-electron chi connectivity index (χ0n) is 15.5. The summed E-state index contributed by atoms with van der Waals surface area (Å²) in [4.78, 5) is 27.7. The summed E-state index contributed by atoms with van der Waals surface area (Å²) in [7, 11) is 0. The van der Waals surface area contributed by atoms with Gasteiger partial charge in [0, 0.05) is 12.1 Å². The second kappa shape index (κ2) is 8.51. The first kappa shape index (κ1) is 19.5. The molecular weight excluding hydrogens is 336 g/mol. The first-order chi connectivity index (χ1) is 12.2.